The van der Waals surface area contributed by atoms with Gasteiger partial charge in [-0.3, -0.25) is 0 Å². The lowest BCUT2D eigenvalue weighted by Gasteiger charge is -2.18. The molecule has 6 heteroatoms. The van der Waals surface area contributed by atoms with Crippen molar-refractivity contribution in [3.05, 3.63) is 34.9 Å². The van der Waals surface area contributed by atoms with Crippen LogP contribution in [0.1, 0.15) is 25.3 Å². The van der Waals surface area contributed by atoms with Gasteiger partial charge in [-0.25, -0.2) is 0 Å². The molecule has 0 radical (unpaired) electrons. The average Bonchev–Trinajstić information content (AvgIpc) is 2.40. The molecule has 0 fully saturated rings. The lowest BCUT2D eigenvalue weighted by Crippen LogP contribution is -2.25. The third-order valence-corrected chi connectivity index (χ3v) is 4.11. The Bertz CT molecular complexity index is 395. The molecule has 0 aliphatic rings. The van der Waals surface area contributed by atoms with Crippen LogP contribution < -0.4 is 5.32 Å². The van der Waals surface area contributed by atoms with Crippen LogP contribution in [0.5, 0.6) is 0 Å². The fraction of sp³-hybridized carbons (Fsp3) is 0.600. The van der Waals surface area contributed by atoms with Gasteiger partial charge in [0.25, 0.3) is 0 Å². The van der Waals surface area contributed by atoms with E-state index in [1.165, 1.54) is 0 Å². The van der Waals surface area contributed by atoms with Crippen molar-refractivity contribution in [2.75, 3.05) is 18.8 Å². The summed E-state index contributed by atoms with van der Waals surface area (Å²) in [5.74, 6) is 0.308. The van der Waals surface area contributed by atoms with Gasteiger partial charge in [0.1, 0.15) is 0 Å². The maximum atomic E-state index is 12.2. The number of halogens is 4. The van der Waals surface area contributed by atoms with Crippen molar-refractivity contribution in [1.82, 2.24) is 5.32 Å². The summed E-state index contributed by atoms with van der Waals surface area (Å²) in [4.78, 5) is 0. The number of benzene rings is 1. The van der Waals surface area contributed by atoms with Gasteiger partial charge < -0.3 is 5.32 Å². The summed E-state index contributed by atoms with van der Waals surface area (Å²) in [5.41, 5.74) is -3.03. The molecule has 21 heavy (non-hydrogen) atoms. The summed E-state index contributed by atoms with van der Waals surface area (Å²) in [6.45, 7) is 3.71. The molecule has 1 unspecified atom stereocenters. The topological polar surface area (TPSA) is 12.0 Å². The Hall–Kier alpha value is -0.390. The average molecular weight is 340 g/mol. The van der Waals surface area contributed by atoms with Gasteiger partial charge in [0.2, 0.25) is 0 Å². The molecule has 0 amide bonds. The van der Waals surface area contributed by atoms with E-state index in [9.17, 15) is 13.2 Å². The number of rotatable bonds is 9. The van der Waals surface area contributed by atoms with E-state index >= 15 is 0 Å². The summed E-state index contributed by atoms with van der Waals surface area (Å²) < 4.78 is 36.6. The van der Waals surface area contributed by atoms with E-state index < -0.39 is 5.51 Å². The minimum atomic E-state index is -4.14. The van der Waals surface area contributed by atoms with E-state index in [0.29, 0.717) is 11.4 Å². The van der Waals surface area contributed by atoms with E-state index in [2.05, 4.69) is 12.2 Å². The first-order valence-electron chi connectivity index (χ1n) is 7.06. The molecule has 1 nitrogen and oxygen atoms in total. The number of alkyl halides is 3. The molecule has 0 spiro atoms. The highest BCUT2D eigenvalue weighted by Crippen LogP contribution is 2.31. The van der Waals surface area contributed by atoms with Crippen molar-refractivity contribution < 1.29 is 13.2 Å². The molecule has 1 rings (SSSR count). The zero-order valence-electron chi connectivity index (χ0n) is 12.0. The van der Waals surface area contributed by atoms with Crippen molar-refractivity contribution in [2.45, 2.75) is 31.7 Å². The molecule has 0 aliphatic heterocycles. The Kier molecular flexibility index (Phi) is 8.52. The quantitative estimate of drug-likeness (QED) is 0.625. The van der Waals surface area contributed by atoms with Crippen LogP contribution in [0, 0.1) is 5.92 Å². The minimum absolute atomic E-state index is 0.0652. The Morgan fingerprint density at radius 2 is 1.90 bits per heavy atom. The normalized spacial score (nSPS) is 13.4. The van der Waals surface area contributed by atoms with Crippen molar-refractivity contribution in [3.8, 4) is 0 Å². The fourth-order valence-electron chi connectivity index (χ4n) is 2.05. The van der Waals surface area contributed by atoms with Crippen molar-refractivity contribution >= 4 is 23.4 Å². The Balaban J connectivity index is 2.48. The van der Waals surface area contributed by atoms with Gasteiger partial charge in [-0.15, -0.1) is 0 Å². The lowest BCUT2D eigenvalue weighted by atomic mass is 9.97. The lowest BCUT2D eigenvalue weighted by molar-refractivity contribution is -0.0328. The van der Waals surface area contributed by atoms with Crippen molar-refractivity contribution in [1.29, 1.82) is 0 Å². The Morgan fingerprint density at radius 1 is 1.24 bits per heavy atom. The molecule has 1 aromatic carbocycles. The van der Waals surface area contributed by atoms with E-state index in [0.717, 1.165) is 31.5 Å². The van der Waals surface area contributed by atoms with Crippen molar-refractivity contribution in [2.24, 2.45) is 5.92 Å². The molecule has 1 aromatic rings. The monoisotopic (exact) mass is 339 g/mol. The second kappa shape index (κ2) is 9.59. The Labute approximate surface area is 133 Å². The first-order valence-corrected chi connectivity index (χ1v) is 8.43. The summed E-state index contributed by atoms with van der Waals surface area (Å²) in [7, 11) is 0. The van der Waals surface area contributed by atoms with Gasteiger partial charge >= 0.3 is 5.51 Å². The zero-order chi connectivity index (χ0) is 15.7. The molecule has 0 heterocycles. The van der Waals surface area contributed by atoms with Crippen LogP contribution >= 0.6 is 23.4 Å². The minimum Gasteiger partial charge on any atom is -0.316 e. The highest BCUT2D eigenvalue weighted by atomic mass is 35.5. The molecule has 1 N–H and O–H groups in total. The first kappa shape index (κ1) is 18.7. The van der Waals surface area contributed by atoms with Gasteiger partial charge in [0.05, 0.1) is 0 Å². The molecule has 0 aliphatic carbocycles. The van der Waals surface area contributed by atoms with Gasteiger partial charge in [0.15, 0.2) is 0 Å². The standard InChI is InChI=1S/C15H21ClF3NS/c1-2-8-20-11-13(7-9-21-15(17,18)19)10-12-3-5-14(16)6-4-12/h3-6,13,20H,2,7-11H2,1H3. The summed E-state index contributed by atoms with van der Waals surface area (Å²) in [6.07, 6.45) is 2.33. The predicted octanol–water partition coefficient (Wildman–Crippen LogP) is 5.14. The van der Waals surface area contributed by atoms with Gasteiger partial charge in [-0.05, 0) is 56.0 Å². The highest BCUT2D eigenvalue weighted by molar-refractivity contribution is 8.00. The van der Waals surface area contributed by atoms with Crippen LogP contribution in [0.4, 0.5) is 13.2 Å². The highest BCUT2D eigenvalue weighted by Gasteiger charge is 2.28. The molecule has 0 saturated heterocycles. The Morgan fingerprint density at radius 3 is 2.48 bits per heavy atom. The number of thioether (sulfide) groups is 1. The maximum Gasteiger partial charge on any atom is 0.441 e. The predicted molar refractivity (Wildman–Crippen MR) is 84.9 cm³/mol. The molecule has 0 saturated carbocycles. The van der Waals surface area contributed by atoms with Gasteiger partial charge in [0, 0.05) is 10.8 Å². The summed E-state index contributed by atoms with van der Waals surface area (Å²) >= 11 is 5.91. The van der Waals surface area contributed by atoms with E-state index in [1.807, 2.05) is 24.3 Å². The number of hydrogen-bond donors (Lipinski definition) is 1. The molecule has 0 aromatic heterocycles. The zero-order valence-corrected chi connectivity index (χ0v) is 13.6. The third kappa shape index (κ3) is 9.27. The van der Waals surface area contributed by atoms with Crippen LogP contribution in [-0.2, 0) is 6.42 Å². The third-order valence-electron chi connectivity index (χ3n) is 3.09. The summed E-state index contributed by atoms with van der Waals surface area (Å²) in [6, 6.07) is 7.51. The largest absolute Gasteiger partial charge is 0.441 e. The number of nitrogens with one attached hydrogen (secondary N) is 1. The number of hydrogen-bond acceptors (Lipinski definition) is 2. The molecule has 1 atom stereocenters. The second-order valence-corrected chi connectivity index (χ2v) is 6.58. The van der Waals surface area contributed by atoms with Gasteiger partial charge in [-0.2, -0.15) is 13.2 Å². The molecule has 0 bridgehead atoms. The van der Waals surface area contributed by atoms with E-state index in [1.54, 1.807) is 0 Å². The van der Waals surface area contributed by atoms with Gasteiger partial charge in [-0.1, -0.05) is 42.4 Å². The SMILES string of the molecule is CCCNCC(CCSC(F)(F)F)Cc1ccc(Cl)cc1. The summed E-state index contributed by atoms with van der Waals surface area (Å²) in [5, 5.41) is 3.97. The molecule has 120 valence electrons. The maximum absolute atomic E-state index is 12.2. The van der Waals surface area contributed by atoms with Crippen LogP contribution in [0.25, 0.3) is 0 Å². The second-order valence-electron chi connectivity index (χ2n) is 4.98. The smallest absolute Gasteiger partial charge is 0.316 e. The molecular formula is C15H21ClF3NS. The van der Waals surface area contributed by atoms with Crippen LogP contribution in [-0.4, -0.2) is 24.4 Å². The molecular weight excluding hydrogens is 319 g/mol. The van der Waals surface area contributed by atoms with Crippen molar-refractivity contribution in [3.63, 3.8) is 0 Å². The van der Waals surface area contributed by atoms with E-state index in [4.69, 9.17) is 11.6 Å². The van der Waals surface area contributed by atoms with Crippen LogP contribution in [0.15, 0.2) is 24.3 Å². The first-order chi connectivity index (χ1) is 9.90. The van der Waals surface area contributed by atoms with Crippen LogP contribution in [0.2, 0.25) is 5.02 Å². The van der Waals surface area contributed by atoms with Crippen LogP contribution in [0.3, 0.4) is 0 Å². The van der Waals surface area contributed by atoms with E-state index in [-0.39, 0.29) is 23.4 Å². The fourth-order valence-corrected chi connectivity index (χ4v) is 2.86.